The van der Waals surface area contributed by atoms with E-state index in [1.165, 1.54) is 31.4 Å². The van der Waals surface area contributed by atoms with Crippen molar-refractivity contribution in [3.63, 3.8) is 0 Å². The van der Waals surface area contributed by atoms with Gasteiger partial charge in [0.05, 0.1) is 24.1 Å². The third-order valence-corrected chi connectivity index (χ3v) is 5.93. The molecule has 0 spiro atoms. The summed E-state index contributed by atoms with van der Waals surface area (Å²) in [6.45, 7) is 2.03. The van der Waals surface area contributed by atoms with Crippen LogP contribution in [0.2, 0.25) is 0 Å². The van der Waals surface area contributed by atoms with Gasteiger partial charge >= 0.3 is 5.97 Å². The van der Waals surface area contributed by atoms with Gasteiger partial charge in [-0.25, -0.2) is 9.78 Å². The number of methoxy groups -OCH3 is 1. The standard InChI is InChI=1S/C24H21N3O4S/c1-16(28)27(20-6-4-3-5-7-20)24-25-19(15-32-24)9-11-22(29)26-13-12-17-14-18(23(30)31-2)8-10-21(17)26/h3-11,14-15H,12-13H2,1-2H3/b11-9+. The third kappa shape index (κ3) is 4.31. The van der Waals surface area contributed by atoms with Crippen molar-refractivity contribution >= 4 is 51.7 Å². The second kappa shape index (κ2) is 9.15. The van der Waals surface area contributed by atoms with E-state index in [2.05, 4.69) is 4.98 Å². The van der Waals surface area contributed by atoms with Gasteiger partial charge in [0.1, 0.15) is 0 Å². The van der Waals surface area contributed by atoms with Gasteiger partial charge in [0.25, 0.3) is 5.91 Å². The van der Waals surface area contributed by atoms with Gasteiger partial charge in [-0.15, -0.1) is 11.3 Å². The normalized spacial score (nSPS) is 12.6. The summed E-state index contributed by atoms with van der Waals surface area (Å²) in [7, 11) is 1.34. The number of carbonyl (C=O) groups is 3. The second-order valence-electron chi connectivity index (χ2n) is 7.15. The molecule has 0 bridgehead atoms. The molecule has 2 aromatic carbocycles. The van der Waals surface area contributed by atoms with Crippen LogP contribution in [0.1, 0.15) is 28.5 Å². The van der Waals surface area contributed by atoms with Crippen molar-refractivity contribution < 1.29 is 19.1 Å². The summed E-state index contributed by atoms with van der Waals surface area (Å²) in [6.07, 6.45) is 3.79. The second-order valence-corrected chi connectivity index (χ2v) is 7.99. The number of amides is 2. The zero-order valence-corrected chi connectivity index (χ0v) is 18.5. The van der Waals surface area contributed by atoms with E-state index in [1.807, 2.05) is 30.3 Å². The largest absolute Gasteiger partial charge is 0.465 e. The van der Waals surface area contributed by atoms with Crippen molar-refractivity contribution in [2.45, 2.75) is 13.3 Å². The van der Waals surface area contributed by atoms with Gasteiger partial charge in [-0.3, -0.25) is 14.5 Å². The molecule has 0 saturated carbocycles. The Labute approximate surface area is 189 Å². The number of thiazole rings is 1. The van der Waals surface area contributed by atoms with Crippen LogP contribution >= 0.6 is 11.3 Å². The summed E-state index contributed by atoms with van der Waals surface area (Å²) < 4.78 is 4.76. The van der Waals surface area contributed by atoms with Gasteiger partial charge < -0.3 is 9.64 Å². The Morgan fingerprint density at radius 2 is 1.94 bits per heavy atom. The number of esters is 1. The van der Waals surface area contributed by atoms with Crippen LogP contribution in [0.5, 0.6) is 0 Å². The molecule has 0 unspecified atom stereocenters. The van der Waals surface area contributed by atoms with Crippen LogP contribution in [-0.4, -0.2) is 36.4 Å². The molecule has 1 aliphatic rings. The van der Waals surface area contributed by atoms with Crippen molar-refractivity contribution in [2.75, 3.05) is 23.5 Å². The average Bonchev–Trinajstić information content (AvgIpc) is 3.44. The first-order valence-electron chi connectivity index (χ1n) is 10.00. The molecule has 2 amide bonds. The summed E-state index contributed by atoms with van der Waals surface area (Å²) in [6, 6.07) is 14.5. The number of hydrogen-bond donors (Lipinski definition) is 0. The lowest BCUT2D eigenvalue weighted by molar-refractivity contribution is -0.116. The quantitative estimate of drug-likeness (QED) is 0.432. The number of nitrogens with zero attached hydrogens (tertiary/aromatic N) is 3. The first-order chi connectivity index (χ1) is 15.5. The van der Waals surface area contributed by atoms with Gasteiger partial charge in [-0.05, 0) is 48.4 Å². The minimum atomic E-state index is -0.396. The molecule has 0 aliphatic carbocycles. The molecule has 1 aromatic heterocycles. The predicted octanol–water partition coefficient (Wildman–Crippen LogP) is 4.22. The number of benzene rings is 2. The topological polar surface area (TPSA) is 79.8 Å². The third-order valence-electron chi connectivity index (χ3n) is 5.09. The Morgan fingerprint density at radius 1 is 1.16 bits per heavy atom. The zero-order valence-electron chi connectivity index (χ0n) is 17.6. The van der Waals surface area contributed by atoms with Crippen LogP contribution in [-0.2, 0) is 20.7 Å². The maximum Gasteiger partial charge on any atom is 0.337 e. The fourth-order valence-corrected chi connectivity index (χ4v) is 4.44. The van der Waals surface area contributed by atoms with Crippen LogP contribution in [0.4, 0.5) is 16.5 Å². The number of rotatable bonds is 5. The first kappa shape index (κ1) is 21.5. The molecule has 162 valence electrons. The van der Waals surface area contributed by atoms with E-state index in [0.29, 0.717) is 29.4 Å². The van der Waals surface area contributed by atoms with Crippen LogP contribution in [0.3, 0.4) is 0 Å². The minimum Gasteiger partial charge on any atom is -0.465 e. The summed E-state index contributed by atoms with van der Waals surface area (Å²) in [5.41, 5.74) is 3.53. The molecular formula is C24H21N3O4S. The van der Waals surface area contributed by atoms with Crippen LogP contribution < -0.4 is 9.80 Å². The lowest BCUT2D eigenvalue weighted by atomic mass is 10.1. The average molecular weight is 448 g/mol. The highest BCUT2D eigenvalue weighted by atomic mass is 32.1. The number of ether oxygens (including phenoxy) is 1. The lowest BCUT2D eigenvalue weighted by Crippen LogP contribution is -2.26. The minimum absolute atomic E-state index is 0.142. The van der Waals surface area contributed by atoms with E-state index in [4.69, 9.17) is 4.74 Å². The lowest BCUT2D eigenvalue weighted by Gasteiger charge is -2.17. The van der Waals surface area contributed by atoms with E-state index in [0.717, 1.165) is 16.9 Å². The summed E-state index contributed by atoms with van der Waals surface area (Å²) >= 11 is 1.33. The molecule has 8 heteroatoms. The molecule has 4 rings (SSSR count). The number of carbonyl (C=O) groups excluding carboxylic acids is 3. The number of anilines is 3. The molecule has 1 aliphatic heterocycles. The van der Waals surface area contributed by atoms with E-state index < -0.39 is 5.97 Å². The molecular weight excluding hydrogens is 426 g/mol. The Kier molecular flexibility index (Phi) is 6.13. The molecule has 0 radical (unpaired) electrons. The fourth-order valence-electron chi connectivity index (χ4n) is 3.58. The Morgan fingerprint density at radius 3 is 2.66 bits per heavy atom. The molecule has 2 heterocycles. The maximum absolute atomic E-state index is 12.8. The summed E-state index contributed by atoms with van der Waals surface area (Å²) in [5, 5.41) is 2.34. The summed E-state index contributed by atoms with van der Waals surface area (Å²) in [5.74, 6) is -0.709. The number of aromatic nitrogens is 1. The van der Waals surface area contributed by atoms with E-state index in [-0.39, 0.29) is 11.8 Å². The monoisotopic (exact) mass is 447 g/mol. The molecule has 0 N–H and O–H groups in total. The Bertz CT molecular complexity index is 1200. The Balaban J connectivity index is 1.50. The van der Waals surface area contributed by atoms with Crippen LogP contribution in [0, 0.1) is 0 Å². The highest BCUT2D eigenvalue weighted by molar-refractivity contribution is 7.14. The first-order valence-corrected chi connectivity index (χ1v) is 10.9. The van der Waals surface area contributed by atoms with Gasteiger partial charge in [-0.1, -0.05) is 18.2 Å². The smallest absolute Gasteiger partial charge is 0.337 e. The van der Waals surface area contributed by atoms with Gasteiger partial charge in [0.2, 0.25) is 5.91 Å². The number of fused-ring (bicyclic) bond motifs is 1. The highest BCUT2D eigenvalue weighted by Gasteiger charge is 2.24. The van der Waals surface area contributed by atoms with Crippen molar-refractivity contribution in [1.82, 2.24) is 4.98 Å². The molecule has 0 fully saturated rings. The van der Waals surface area contributed by atoms with Crippen molar-refractivity contribution in [2.24, 2.45) is 0 Å². The van der Waals surface area contributed by atoms with Gasteiger partial charge in [-0.2, -0.15) is 0 Å². The maximum atomic E-state index is 12.8. The highest BCUT2D eigenvalue weighted by Crippen LogP contribution is 2.31. The SMILES string of the molecule is COC(=O)c1ccc2c(c1)CCN2C(=O)/C=C/c1csc(N(C(C)=O)c2ccccc2)n1. The van der Waals surface area contributed by atoms with Crippen LogP contribution in [0.25, 0.3) is 6.08 Å². The zero-order chi connectivity index (χ0) is 22.7. The molecule has 0 saturated heterocycles. The molecule has 32 heavy (non-hydrogen) atoms. The molecule has 0 atom stereocenters. The fraction of sp³-hybridized carbons (Fsp3) is 0.167. The number of hydrogen-bond acceptors (Lipinski definition) is 6. The van der Waals surface area contributed by atoms with Gasteiger partial charge in [0.15, 0.2) is 5.13 Å². The molecule has 3 aromatic rings. The van der Waals surface area contributed by atoms with E-state index >= 15 is 0 Å². The summed E-state index contributed by atoms with van der Waals surface area (Å²) in [4.78, 5) is 44.4. The van der Waals surface area contributed by atoms with Crippen molar-refractivity contribution in [3.05, 3.63) is 76.8 Å². The van der Waals surface area contributed by atoms with Gasteiger partial charge in [0, 0.05) is 30.6 Å². The number of para-hydroxylation sites is 1. The van der Waals surface area contributed by atoms with Crippen LogP contribution in [0.15, 0.2) is 60.0 Å². The van der Waals surface area contributed by atoms with E-state index in [9.17, 15) is 14.4 Å². The van der Waals surface area contributed by atoms with Crippen molar-refractivity contribution in [3.8, 4) is 0 Å². The molecule has 7 nitrogen and oxygen atoms in total. The Hall–Kier alpha value is -3.78. The van der Waals surface area contributed by atoms with E-state index in [1.54, 1.807) is 39.5 Å². The predicted molar refractivity (Wildman–Crippen MR) is 124 cm³/mol. The van der Waals surface area contributed by atoms with Crippen molar-refractivity contribution in [1.29, 1.82) is 0 Å².